The fraction of sp³-hybridized carbons (Fsp3) is 0.273. The summed E-state index contributed by atoms with van der Waals surface area (Å²) in [6, 6.07) is 5.77. The predicted molar refractivity (Wildman–Crippen MR) is 54.8 cm³/mol. The van der Waals surface area contributed by atoms with Crippen molar-refractivity contribution in [1.82, 2.24) is 10.6 Å². The lowest BCUT2D eigenvalue weighted by atomic mass is 10.2. The lowest BCUT2D eigenvalue weighted by molar-refractivity contribution is -0.125. The van der Waals surface area contributed by atoms with E-state index < -0.39 is 6.04 Å². The van der Waals surface area contributed by atoms with Crippen LogP contribution in [-0.2, 0) is 16.1 Å². The van der Waals surface area contributed by atoms with E-state index in [0.29, 0.717) is 5.56 Å². The van der Waals surface area contributed by atoms with Gasteiger partial charge in [-0.3, -0.25) is 14.9 Å². The summed E-state index contributed by atoms with van der Waals surface area (Å²) in [5.41, 5.74) is 0.481. The minimum Gasteiger partial charge on any atom is -0.301 e. The molecule has 1 saturated heterocycles. The smallest absolute Gasteiger partial charge is 0.244 e. The number of halogens is 1. The molecule has 1 atom stereocenters. The minimum absolute atomic E-state index is 0.118. The van der Waals surface area contributed by atoms with Crippen molar-refractivity contribution in [3.63, 3.8) is 0 Å². The molecule has 0 bridgehead atoms. The first-order valence-electron chi connectivity index (χ1n) is 4.97. The zero-order chi connectivity index (χ0) is 11.5. The van der Waals surface area contributed by atoms with Gasteiger partial charge >= 0.3 is 0 Å². The molecule has 4 nitrogen and oxygen atoms in total. The van der Waals surface area contributed by atoms with Gasteiger partial charge in [0.2, 0.25) is 11.8 Å². The van der Waals surface area contributed by atoms with Crippen LogP contribution >= 0.6 is 0 Å². The molecule has 2 amide bonds. The van der Waals surface area contributed by atoms with E-state index in [-0.39, 0.29) is 30.6 Å². The Balaban J connectivity index is 1.95. The molecule has 0 spiro atoms. The molecule has 16 heavy (non-hydrogen) atoms. The number of benzene rings is 1. The van der Waals surface area contributed by atoms with Crippen LogP contribution in [0.1, 0.15) is 12.0 Å². The number of carbonyl (C=O) groups is 2. The van der Waals surface area contributed by atoms with Crippen molar-refractivity contribution in [3.8, 4) is 0 Å². The van der Waals surface area contributed by atoms with Gasteiger partial charge in [-0.05, 0) is 6.07 Å². The molecule has 1 fully saturated rings. The molecule has 84 valence electrons. The highest BCUT2D eigenvalue weighted by molar-refractivity contribution is 6.05. The van der Waals surface area contributed by atoms with E-state index >= 15 is 0 Å². The molecule has 0 aromatic heterocycles. The molecule has 2 N–H and O–H groups in total. The molecule has 1 aromatic carbocycles. The molecule has 0 saturated carbocycles. The molecule has 0 aliphatic carbocycles. The number of hydrogen-bond acceptors (Lipinski definition) is 3. The second kappa shape index (κ2) is 4.40. The molecular weight excluding hydrogens is 211 g/mol. The van der Waals surface area contributed by atoms with Gasteiger partial charge in [0.25, 0.3) is 0 Å². The van der Waals surface area contributed by atoms with Gasteiger partial charge in [0, 0.05) is 12.1 Å². The van der Waals surface area contributed by atoms with Gasteiger partial charge in [-0.15, -0.1) is 0 Å². The lowest BCUT2D eigenvalue weighted by Gasteiger charge is -2.09. The van der Waals surface area contributed by atoms with E-state index in [9.17, 15) is 14.0 Å². The first-order valence-corrected chi connectivity index (χ1v) is 4.97. The van der Waals surface area contributed by atoms with Crippen LogP contribution in [0, 0.1) is 5.82 Å². The zero-order valence-electron chi connectivity index (χ0n) is 8.50. The molecule has 0 radical (unpaired) electrons. The van der Waals surface area contributed by atoms with Crippen LogP contribution in [0.15, 0.2) is 24.3 Å². The average molecular weight is 222 g/mol. The minimum atomic E-state index is -0.549. The highest BCUT2D eigenvalue weighted by atomic mass is 19.1. The van der Waals surface area contributed by atoms with E-state index in [1.54, 1.807) is 18.2 Å². The van der Waals surface area contributed by atoms with E-state index in [4.69, 9.17) is 0 Å². The van der Waals surface area contributed by atoms with Gasteiger partial charge in [-0.25, -0.2) is 4.39 Å². The maximum Gasteiger partial charge on any atom is 0.244 e. The topological polar surface area (TPSA) is 58.2 Å². The Bertz CT molecular complexity index is 434. The Labute approximate surface area is 91.8 Å². The van der Waals surface area contributed by atoms with Crippen molar-refractivity contribution in [2.75, 3.05) is 0 Å². The highest BCUT2D eigenvalue weighted by Crippen LogP contribution is 2.08. The molecule has 1 heterocycles. The summed E-state index contributed by atoms with van der Waals surface area (Å²) in [6.45, 7) is 0.234. The Morgan fingerprint density at radius 2 is 2.12 bits per heavy atom. The summed E-state index contributed by atoms with van der Waals surface area (Å²) >= 11 is 0. The first-order chi connectivity index (χ1) is 7.66. The Morgan fingerprint density at radius 3 is 2.75 bits per heavy atom. The van der Waals surface area contributed by atoms with Gasteiger partial charge in [0.15, 0.2) is 0 Å². The maximum absolute atomic E-state index is 13.2. The van der Waals surface area contributed by atoms with Gasteiger partial charge in [-0.1, -0.05) is 18.2 Å². The largest absolute Gasteiger partial charge is 0.301 e. The number of carbonyl (C=O) groups excluding carboxylic acids is 2. The Morgan fingerprint density at radius 1 is 1.38 bits per heavy atom. The summed E-state index contributed by atoms with van der Waals surface area (Å²) < 4.78 is 13.2. The van der Waals surface area contributed by atoms with Crippen molar-refractivity contribution < 1.29 is 14.0 Å². The third-order valence-electron chi connectivity index (χ3n) is 2.47. The van der Waals surface area contributed by atoms with Crippen molar-refractivity contribution >= 4 is 11.8 Å². The third-order valence-corrected chi connectivity index (χ3v) is 2.47. The van der Waals surface area contributed by atoms with Crippen LogP contribution in [0.2, 0.25) is 0 Å². The summed E-state index contributed by atoms with van der Waals surface area (Å²) in [5, 5.41) is 5.03. The SMILES string of the molecule is O=C1CC(NCc2ccccc2F)C(=O)N1. The normalized spacial score (nSPS) is 19.9. The summed E-state index contributed by atoms with van der Waals surface area (Å²) in [5.74, 6) is -0.961. The molecule has 1 unspecified atom stereocenters. The third kappa shape index (κ3) is 2.25. The van der Waals surface area contributed by atoms with Crippen LogP contribution in [0.5, 0.6) is 0 Å². The predicted octanol–water partition coefficient (Wildman–Crippen LogP) is 0.330. The average Bonchev–Trinajstić information content (AvgIpc) is 2.56. The van der Waals surface area contributed by atoms with Gasteiger partial charge in [0.1, 0.15) is 5.82 Å². The Hall–Kier alpha value is -1.75. The molecule has 1 aliphatic rings. The molecular formula is C11H11FN2O2. The lowest BCUT2D eigenvalue weighted by Crippen LogP contribution is -2.35. The zero-order valence-corrected chi connectivity index (χ0v) is 8.50. The van der Waals surface area contributed by atoms with E-state index in [1.165, 1.54) is 6.07 Å². The number of hydrogen-bond donors (Lipinski definition) is 2. The summed E-state index contributed by atoms with van der Waals surface area (Å²) in [7, 11) is 0. The molecule has 5 heteroatoms. The van der Waals surface area contributed by atoms with E-state index in [1.807, 2.05) is 0 Å². The van der Waals surface area contributed by atoms with E-state index in [2.05, 4.69) is 10.6 Å². The fourth-order valence-corrected chi connectivity index (χ4v) is 1.59. The van der Waals surface area contributed by atoms with Crippen molar-refractivity contribution in [2.24, 2.45) is 0 Å². The fourth-order valence-electron chi connectivity index (χ4n) is 1.59. The van der Waals surface area contributed by atoms with Crippen LogP contribution in [0.3, 0.4) is 0 Å². The quantitative estimate of drug-likeness (QED) is 0.725. The van der Waals surface area contributed by atoms with Crippen molar-refractivity contribution in [1.29, 1.82) is 0 Å². The monoisotopic (exact) mass is 222 g/mol. The standard InChI is InChI=1S/C11H11FN2O2/c12-8-4-2-1-3-7(8)6-13-9-5-10(15)14-11(9)16/h1-4,9,13H,5-6H2,(H,14,15,16). The second-order valence-corrected chi connectivity index (χ2v) is 3.64. The number of nitrogens with one attached hydrogen (secondary N) is 2. The first kappa shape index (κ1) is 10.8. The van der Waals surface area contributed by atoms with Crippen LogP contribution < -0.4 is 10.6 Å². The highest BCUT2D eigenvalue weighted by Gasteiger charge is 2.29. The van der Waals surface area contributed by atoms with Crippen molar-refractivity contribution in [2.45, 2.75) is 19.0 Å². The number of rotatable bonds is 3. The second-order valence-electron chi connectivity index (χ2n) is 3.64. The Kier molecular flexibility index (Phi) is 2.96. The van der Waals surface area contributed by atoms with Crippen LogP contribution in [-0.4, -0.2) is 17.9 Å². The summed E-state index contributed by atoms with van der Waals surface area (Å²) in [6.07, 6.45) is 0.118. The summed E-state index contributed by atoms with van der Waals surface area (Å²) in [4.78, 5) is 22.1. The number of imide groups is 1. The molecule has 1 aromatic rings. The van der Waals surface area contributed by atoms with Gasteiger partial charge < -0.3 is 5.32 Å². The molecule has 2 rings (SSSR count). The van der Waals surface area contributed by atoms with Crippen LogP contribution in [0.4, 0.5) is 4.39 Å². The molecule has 1 aliphatic heterocycles. The maximum atomic E-state index is 13.2. The van der Waals surface area contributed by atoms with Crippen molar-refractivity contribution in [3.05, 3.63) is 35.6 Å². The number of amides is 2. The van der Waals surface area contributed by atoms with Crippen LogP contribution in [0.25, 0.3) is 0 Å². The van der Waals surface area contributed by atoms with Gasteiger partial charge in [0.05, 0.1) is 12.5 Å². The van der Waals surface area contributed by atoms with E-state index in [0.717, 1.165) is 0 Å². The van der Waals surface area contributed by atoms with Gasteiger partial charge in [-0.2, -0.15) is 0 Å².